The molecule has 0 aromatic carbocycles. The zero-order valence-electron chi connectivity index (χ0n) is 55.0. The molecule has 1 atom stereocenters. The van der Waals surface area contributed by atoms with Crippen molar-refractivity contribution in [1.82, 2.24) is 0 Å². The SMILES string of the molecule is CCCCC/C=C\C/C=C\CCCCCCCCCC(=O)OCC(COC(=O)CCCCCCCCCCCCCCCCCCCCCCCCCCCC)OC(=O)CCCCCCCC/C=C\C/C=C\C/C=C\CCCCCCC. The lowest BCUT2D eigenvalue weighted by atomic mass is 10.0. The summed E-state index contributed by atoms with van der Waals surface area (Å²) in [4.78, 5) is 38.5. The van der Waals surface area contributed by atoms with Gasteiger partial charge in [-0.3, -0.25) is 14.4 Å². The number of allylic oxidation sites excluding steroid dienone is 10. The van der Waals surface area contributed by atoms with E-state index in [0.29, 0.717) is 19.3 Å². The maximum absolute atomic E-state index is 13.0. The van der Waals surface area contributed by atoms with Crippen molar-refractivity contribution in [2.45, 2.75) is 393 Å². The summed E-state index contributed by atoms with van der Waals surface area (Å²) in [6.07, 6.45) is 91.1. The molecule has 0 aliphatic rings. The van der Waals surface area contributed by atoms with E-state index in [1.54, 1.807) is 0 Å². The summed E-state index contributed by atoms with van der Waals surface area (Å²) in [5.74, 6) is -0.875. The molecule has 0 rings (SSSR count). The van der Waals surface area contributed by atoms with Crippen molar-refractivity contribution in [3.8, 4) is 0 Å². The molecule has 0 saturated heterocycles. The molecule has 478 valence electrons. The van der Waals surface area contributed by atoms with Crippen LogP contribution in [0.15, 0.2) is 60.8 Å². The van der Waals surface area contributed by atoms with Gasteiger partial charge in [0.05, 0.1) is 0 Å². The van der Waals surface area contributed by atoms with Gasteiger partial charge in [-0.1, -0.05) is 338 Å². The highest BCUT2D eigenvalue weighted by Gasteiger charge is 2.19. The normalized spacial score (nSPS) is 12.4. The first kappa shape index (κ1) is 79.1. The van der Waals surface area contributed by atoms with Crippen LogP contribution in [-0.2, 0) is 28.6 Å². The second-order valence-corrected chi connectivity index (χ2v) is 24.5. The predicted molar refractivity (Wildman–Crippen MR) is 358 cm³/mol. The molecule has 0 amide bonds. The van der Waals surface area contributed by atoms with Crippen LogP contribution in [0.25, 0.3) is 0 Å². The quantitative estimate of drug-likeness (QED) is 0.0261. The molecule has 1 unspecified atom stereocenters. The van der Waals surface area contributed by atoms with Gasteiger partial charge in [0.25, 0.3) is 0 Å². The third-order valence-corrected chi connectivity index (χ3v) is 16.2. The van der Waals surface area contributed by atoms with E-state index in [0.717, 1.165) is 96.3 Å². The third kappa shape index (κ3) is 67.9. The molecule has 6 nitrogen and oxygen atoms in total. The number of ether oxygens (including phenoxy) is 3. The Hall–Kier alpha value is -2.89. The van der Waals surface area contributed by atoms with E-state index < -0.39 is 6.10 Å². The molecular weight excluding hydrogens is 1010 g/mol. The van der Waals surface area contributed by atoms with E-state index in [4.69, 9.17) is 14.2 Å². The van der Waals surface area contributed by atoms with Gasteiger partial charge < -0.3 is 14.2 Å². The number of rotatable bonds is 67. The van der Waals surface area contributed by atoms with Crippen LogP contribution < -0.4 is 0 Å². The molecule has 0 aliphatic carbocycles. The van der Waals surface area contributed by atoms with Gasteiger partial charge in [0, 0.05) is 19.3 Å². The summed E-state index contributed by atoms with van der Waals surface area (Å²) in [7, 11) is 0. The largest absolute Gasteiger partial charge is 0.462 e. The number of hydrogen-bond acceptors (Lipinski definition) is 6. The van der Waals surface area contributed by atoms with E-state index in [9.17, 15) is 14.4 Å². The van der Waals surface area contributed by atoms with Crippen LogP contribution in [0, 0.1) is 0 Å². The lowest BCUT2D eigenvalue weighted by Crippen LogP contribution is -2.30. The first-order valence-corrected chi connectivity index (χ1v) is 36.3. The first-order chi connectivity index (χ1) is 40.5. The molecule has 0 aliphatic heterocycles. The fraction of sp³-hybridized carbons (Fsp3) is 0.829. The first-order valence-electron chi connectivity index (χ1n) is 36.3. The Kier molecular flexibility index (Phi) is 68.1. The Labute approximate surface area is 510 Å². The number of carbonyl (C=O) groups is 3. The van der Waals surface area contributed by atoms with E-state index in [1.165, 1.54) is 250 Å². The van der Waals surface area contributed by atoms with Crippen molar-refractivity contribution in [3.63, 3.8) is 0 Å². The van der Waals surface area contributed by atoms with Crippen LogP contribution in [0.4, 0.5) is 0 Å². The molecule has 6 heteroatoms. The van der Waals surface area contributed by atoms with Crippen LogP contribution in [0.2, 0.25) is 0 Å². The highest BCUT2D eigenvalue weighted by Crippen LogP contribution is 2.18. The predicted octanol–water partition coefficient (Wildman–Crippen LogP) is 25.1. The average Bonchev–Trinajstić information content (AvgIpc) is 3.47. The van der Waals surface area contributed by atoms with Crippen molar-refractivity contribution in [2.75, 3.05) is 13.2 Å². The Morgan fingerprint density at radius 1 is 0.244 bits per heavy atom. The average molecular weight is 1150 g/mol. The number of carbonyl (C=O) groups excluding carboxylic acids is 3. The van der Waals surface area contributed by atoms with Crippen LogP contribution in [0.5, 0.6) is 0 Å². The second-order valence-electron chi connectivity index (χ2n) is 24.5. The standard InChI is InChI=1S/C76H138O6/c1-4-7-10-13-16-19-22-25-28-31-33-35-36-37-38-39-41-42-45-48-51-54-57-60-63-66-69-75(78)81-72-73(71-80-74(77)68-65-62-59-56-53-50-47-44-30-27-24-21-18-15-12-9-6-3)82-76(79)70-67-64-61-58-55-52-49-46-43-40-34-32-29-26-23-20-17-14-11-8-5-2/h18,21,23,26-27,30,32,34,43,46,73H,4-17,19-20,22,24-25,28-29,31,33,35-42,44-45,47-72H2,1-3H3/b21-18-,26-23-,30-27-,34-32-,46-43-. The molecule has 0 radical (unpaired) electrons. The maximum atomic E-state index is 13.0. The minimum Gasteiger partial charge on any atom is -0.462 e. The molecule has 0 aromatic rings. The van der Waals surface area contributed by atoms with Crippen LogP contribution >= 0.6 is 0 Å². The molecule has 0 aromatic heterocycles. The van der Waals surface area contributed by atoms with Gasteiger partial charge in [0.15, 0.2) is 6.10 Å². The van der Waals surface area contributed by atoms with Crippen LogP contribution in [-0.4, -0.2) is 37.2 Å². The minimum atomic E-state index is -0.786. The zero-order valence-corrected chi connectivity index (χ0v) is 55.0. The molecule has 0 spiro atoms. The second kappa shape index (κ2) is 70.6. The van der Waals surface area contributed by atoms with Crippen molar-refractivity contribution in [2.24, 2.45) is 0 Å². The lowest BCUT2D eigenvalue weighted by Gasteiger charge is -2.18. The highest BCUT2D eigenvalue weighted by atomic mass is 16.6. The van der Waals surface area contributed by atoms with Gasteiger partial charge in [-0.15, -0.1) is 0 Å². The maximum Gasteiger partial charge on any atom is 0.306 e. The Balaban J connectivity index is 4.32. The molecule has 0 N–H and O–H groups in total. The minimum absolute atomic E-state index is 0.0787. The summed E-state index contributed by atoms with van der Waals surface area (Å²) < 4.78 is 17.0. The van der Waals surface area contributed by atoms with Crippen molar-refractivity contribution in [1.29, 1.82) is 0 Å². The van der Waals surface area contributed by atoms with Gasteiger partial charge in [-0.2, -0.15) is 0 Å². The lowest BCUT2D eigenvalue weighted by molar-refractivity contribution is -0.167. The molecule has 0 bridgehead atoms. The summed E-state index contributed by atoms with van der Waals surface area (Å²) in [6, 6.07) is 0. The molecule has 0 fully saturated rings. The van der Waals surface area contributed by atoms with Gasteiger partial charge in [-0.05, 0) is 89.9 Å². The Bertz CT molecular complexity index is 1460. The number of esters is 3. The number of unbranched alkanes of at least 4 members (excludes halogenated alkanes) is 46. The van der Waals surface area contributed by atoms with Gasteiger partial charge in [0.2, 0.25) is 0 Å². The smallest absolute Gasteiger partial charge is 0.306 e. The van der Waals surface area contributed by atoms with E-state index in [-0.39, 0.29) is 31.1 Å². The Morgan fingerprint density at radius 2 is 0.439 bits per heavy atom. The molecular formula is C76H138O6. The Morgan fingerprint density at radius 3 is 0.707 bits per heavy atom. The zero-order chi connectivity index (χ0) is 59.2. The fourth-order valence-corrected chi connectivity index (χ4v) is 10.8. The van der Waals surface area contributed by atoms with Gasteiger partial charge in [-0.25, -0.2) is 0 Å². The van der Waals surface area contributed by atoms with Crippen LogP contribution in [0.3, 0.4) is 0 Å². The van der Waals surface area contributed by atoms with E-state index >= 15 is 0 Å². The number of hydrogen-bond donors (Lipinski definition) is 0. The van der Waals surface area contributed by atoms with Crippen molar-refractivity contribution in [3.05, 3.63) is 60.8 Å². The molecule has 0 saturated carbocycles. The monoisotopic (exact) mass is 1150 g/mol. The fourth-order valence-electron chi connectivity index (χ4n) is 10.8. The van der Waals surface area contributed by atoms with E-state index in [2.05, 4.69) is 81.5 Å². The summed E-state index contributed by atoms with van der Waals surface area (Å²) in [5, 5.41) is 0. The summed E-state index contributed by atoms with van der Waals surface area (Å²) in [5.41, 5.74) is 0. The summed E-state index contributed by atoms with van der Waals surface area (Å²) >= 11 is 0. The van der Waals surface area contributed by atoms with Crippen molar-refractivity contribution < 1.29 is 28.6 Å². The van der Waals surface area contributed by atoms with E-state index in [1.807, 2.05) is 0 Å². The molecule has 0 heterocycles. The topological polar surface area (TPSA) is 78.9 Å². The van der Waals surface area contributed by atoms with Crippen LogP contribution in [0.1, 0.15) is 387 Å². The van der Waals surface area contributed by atoms with Gasteiger partial charge >= 0.3 is 17.9 Å². The highest BCUT2D eigenvalue weighted by molar-refractivity contribution is 5.71. The van der Waals surface area contributed by atoms with Crippen molar-refractivity contribution >= 4 is 17.9 Å². The molecule has 82 heavy (non-hydrogen) atoms. The summed E-state index contributed by atoms with van der Waals surface area (Å²) in [6.45, 7) is 6.65. The third-order valence-electron chi connectivity index (χ3n) is 16.2. The van der Waals surface area contributed by atoms with Gasteiger partial charge in [0.1, 0.15) is 13.2 Å².